The van der Waals surface area contributed by atoms with Gasteiger partial charge in [-0.05, 0) is 56.2 Å². The zero-order chi connectivity index (χ0) is 16.4. The second kappa shape index (κ2) is 6.43. The summed E-state index contributed by atoms with van der Waals surface area (Å²) < 4.78 is 7.75. The summed E-state index contributed by atoms with van der Waals surface area (Å²) in [6.45, 7) is 2.93. The van der Waals surface area contributed by atoms with Crippen molar-refractivity contribution >= 4 is 11.9 Å². The SMILES string of the molecule is Cc1ccc(C=Nc2ccc(-c3nnc4n3CCCCC4)cc2)o1. The van der Waals surface area contributed by atoms with Crippen LogP contribution in [0.3, 0.4) is 0 Å². The molecule has 1 aromatic carbocycles. The zero-order valence-corrected chi connectivity index (χ0v) is 13.8. The summed E-state index contributed by atoms with van der Waals surface area (Å²) in [5, 5.41) is 8.76. The Morgan fingerprint density at radius 2 is 1.92 bits per heavy atom. The molecule has 0 spiro atoms. The van der Waals surface area contributed by atoms with Crippen LogP contribution in [0.5, 0.6) is 0 Å². The van der Waals surface area contributed by atoms with E-state index in [-0.39, 0.29) is 0 Å². The fourth-order valence-corrected chi connectivity index (χ4v) is 3.06. The number of benzene rings is 1. The quantitative estimate of drug-likeness (QED) is 0.675. The third-order valence-electron chi connectivity index (χ3n) is 4.34. The monoisotopic (exact) mass is 320 g/mol. The summed E-state index contributed by atoms with van der Waals surface area (Å²) in [4.78, 5) is 4.45. The van der Waals surface area contributed by atoms with E-state index in [1.165, 1.54) is 19.3 Å². The lowest BCUT2D eigenvalue weighted by molar-refractivity contribution is 0.528. The lowest BCUT2D eigenvalue weighted by Crippen LogP contribution is -2.02. The van der Waals surface area contributed by atoms with E-state index >= 15 is 0 Å². The lowest BCUT2D eigenvalue weighted by atomic mass is 10.2. The van der Waals surface area contributed by atoms with E-state index in [2.05, 4.69) is 31.9 Å². The molecule has 0 radical (unpaired) electrons. The molecule has 0 aliphatic carbocycles. The average molecular weight is 320 g/mol. The normalized spacial score (nSPS) is 14.7. The molecule has 0 unspecified atom stereocenters. The van der Waals surface area contributed by atoms with Gasteiger partial charge in [-0.1, -0.05) is 6.42 Å². The third kappa shape index (κ3) is 3.02. The van der Waals surface area contributed by atoms with Gasteiger partial charge >= 0.3 is 0 Å². The van der Waals surface area contributed by atoms with Crippen molar-refractivity contribution in [3.05, 3.63) is 53.7 Å². The molecule has 0 bridgehead atoms. The van der Waals surface area contributed by atoms with Gasteiger partial charge in [0.05, 0.1) is 11.9 Å². The number of aromatic nitrogens is 3. The molecule has 2 aromatic heterocycles. The summed E-state index contributed by atoms with van der Waals surface area (Å²) in [6, 6.07) is 12.0. The van der Waals surface area contributed by atoms with Crippen molar-refractivity contribution in [2.45, 2.75) is 39.2 Å². The van der Waals surface area contributed by atoms with Crippen LogP contribution in [0.2, 0.25) is 0 Å². The molecule has 0 saturated carbocycles. The molecule has 1 aliphatic rings. The van der Waals surface area contributed by atoms with Crippen molar-refractivity contribution in [3.8, 4) is 11.4 Å². The van der Waals surface area contributed by atoms with Gasteiger partial charge in [0.1, 0.15) is 17.3 Å². The summed E-state index contributed by atoms with van der Waals surface area (Å²) in [7, 11) is 0. The van der Waals surface area contributed by atoms with Gasteiger partial charge in [-0.25, -0.2) is 0 Å². The lowest BCUT2D eigenvalue weighted by Gasteiger charge is -2.06. The minimum Gasteiger partial charge on any atom is -0.460 e. The number of hydrogen-bond donors (Lipinski definition) is 0. The first kappa shape index (κ1) is 14.9. The van der Waals surface area contributed by atoms with Gasteiger partial charge in [0.15, 0.2) is 5.82 Å². The number of hydrogen-bond acceptors (Lipinski definition) is 4. The van der Waals surface area contributed by atoms with Crippen molar-refractivity contribution in [1.29, 1.82) is 0 Å². The summed E-state index contributed by atoms with van der Waals surface area (Å²) in [6.07, 6.45) is 6.44. The first-order valence-corrected chi connectivity index (χ1v) is 8.42. The molecular formula is C19H20N4O. The van der Waals surface area contributed by atoms with Gasteiger partial charge in [0, 0.05) is 18.5 Å². The molecule has 3 aromatic rings. The predicted molar refractivity (Wildman–Crippen MR) is 93.7 cm³/mol. The van der Waals surface area contributed by atoms with Gasteiger partial charge in [0.25, 0.3) is 0 Å². The van der Waals surface area contributed by atoms with E-state index < -0.39 is 0 Å². The molecule has 5 nitrogen and oxygen atoms in total. The molecule has 5 heteroatoms. The van der Waals surface area contributed by atoms with Crippen molar-refractivity contribution in [1.82, 2.24) is 14.8 Å². The maximum Gasteiger partial charge on any atom is 0.163 e. The molecular weight excluding hydrogens is 300 g/mol. The Morgan fingerprint density at radius 1 is 1.04 bits per heavy atom. The highest BCUT2D eigenvalue weighted by molar-refractivity contribution is 5.78. The fraction of sp³-hybridized carbons (Fsp3) is 0.316. The van der Waals surface area contributed by atoms with E-state index in [0.29, 0.717) is 0 Å². The van der Waals surface area contributed by atoms with Crippen LogP contribution in [0.4, 0.5) is 5.69 Å². The topological polar surface area (TPSA) is 56.2 Å². The predicted octanol–water partition coefficient (Wildman–Crippen LogP) is 4.32. The minimum absolute atomic E-state index is 0.763. The molecule has 4 rings (SSSR count). The molecule has 0 saturated heterocycles. The molecule has 0 N–H and O–H groups in total. The summed E-state index contributed by atoms with van der Waals surface area (Å²) >= 11 is 0. The first-order chi connectivity index (χ1) is 11.8. The molecule has 0 fully saturated rings. The van der Waals surface area contributed by atoms with E-state index in [1.807, 2.05) is 31.2 Å². The summed E-state index contributed by atoms with van der Waals surface area (Å²) in [5.41, 5.74) is 1.98. The number of nitrogens with zero attached hydrogens (tertiary/aromatic N) is 4. The van der Waals surface area contributed by atoms with E-state index in [4.69, 9.17) is 4.42 Å². The van der Waals surface area contributed by atoms with Crippen LogP contribution >= 0.6 is 0 Å². The van der Waals surface area contributed by atoms with Crippen molar-refractivity contribution in [3.63, 3.8) is 0 Å². The van der Waals surface area contributed by atoms with Gasteiger partial charge in [0.2, 0.25) is 0 Å². The number of fused-ring (bicyclic) bond motifs is 1. The van der Waals surface area contributed by atoms with Crippen LogP contribution in [-0.4, -0.2) is 21.0 Å². The van der Waals surface area contributed by atoms with Crippen LogP contribution in [-0.2, 0) is 13.0 Å². The Balaban J connectivity index is 1.56. The highest BCUT2D eigenvalue weighted by Crippen LogP contribution is 2.24. The Hall–Kier alpha value is -2.69. The third-order valence-corrected chi connectivity index (χ3v) is 4.34. The van der Waals surface area contributed by atoms with E-state index in [1.54, 1.807) is 6.21 Å². The van der Waals surface area contributed by atoms with Crippen LogP contribution in [0, 0.1) is 6.92 Å². The van der Waals surface area contributed by atoms with Gasteiger partial charge in [-0.15, -0.1) is 10.2 Å². The van der Waals surface area contributed by atoms with Gasteiger partial charge < -0.3 is 8.98 Å². The summed E-state index contributed by atoms with van der Waals surface area (Å²) in [5.74, 6) is 3.72. The smallest absolute Gasteiger partial charge is 0.163 e. The maximum absolute atomic E-state index is 5.49. The first-order valence-electron chi connectivity index (χ1n) is 8.42. The van der Waals surface area contributed by atoms with E-state index in [0.717, 1.165) is 47.4 Å². The van der Waals surface area contributed by atoms with Crippen LogP contribution in [0.1, 0.15) is 36.6 Å². The van der Waals surface area contributed by atoms with Crippen LogP contribution in [0.25, 0.3) is 11.4 Å². The Morgan fingerprint density at radius 3 is 2.71 bits per heavy atom. The molecule has 0 atom stereocenters. The second-order valence-electron chi connectivity index (χ2n) is 6.16. The Bertz CT molecular complexity index is 858. The number of aryl methyl sites for hydroxylation is 2. The van der Waals surface area contributed by atoms with Crippen LogP contribution in [0.15, 0.2) is 45.8 Å². The van der Waals surface area contributed by atoms with Crippen molar-refractivity contribution < 1.29 is 4.42 Å². The minimum atomic E-state index is 0.763. The molecule has 122 valence electrons. The van der Waals surface area contributed by atoms with Gasteiger partial charge in [-0.3, -0.25) is 4.99 Å². The number of aliphatic imine (C=N–C) groups is 1. The average Bonchev–Trinajstić information content (AvgIpc) is 3.13. The largest absolute Gasteiger partial charge is 0.460 e. The molecule has 24 heavy (non-hydrogen) atoms. The Kier molecular flexibility index (Phi) is 3.99. The highest BCUT2D eigenvalue weighted by Gasteiger charge is 2.15. The van der Waals surface area contributed by atoms with Crippen molar-refractivity contribution in [2.75, 3.05) is 0 Å². The zero-order valence-electron chi connectivity index (χ0n) is 13.8. The molecule has 3 heterocycles. The second-order valence-corrected chi connectivity index (χ2v) is 6.16. The molecule has 0 amide bonds. The fourth-order valence-electron chi connectivity index (χ4n) is 3.06. The van der Waals surface area contributed by atoms with E-state index in [9.17, 15) is 0 Å². The standard InChI is InChI=1S/C19H20N4O/c1-14-6-11-17(24-14)13-20-16-9-7-15(8-10-16)19-22-21-18-5-3-2-4-12-23(18)19/h6-11,13H,2-5,12H2,1H3. The van der Waals surface area contributed by atoms with Gasteiger partial charge in [-0.2, -0.15) is 0 Å². The highest BCUT2D eigenvalue weighted by atomic mass is 16.3. The Labute approximate surface area is 141 Å². The number of furan rings is 1. The number of rotatable bonds is 3. The molecule has 1 aliphatic heterocycles. The maximum atomic E-state index is 5.49. The van der Waals surface area contributed by atoms with Crippen LogP contribution < -0.4 is 0 Å². The van der Waals surface area contributed by atoms with Crippen molar-refractivity contribution in [2.24, 2.45) is 4.99 Å².